The number of nitrogens with one attached hydrogen (secondary N) is 1. The predicted octanol–water partition coefficient (Wildman–Crippen LogP) is 1.45. The van der Waals surface area contributed by atoms with Gasteiger partial charge in [0.05, 0.1) is 5.02 Å². The first-order valence-electron chi connectivity index (χ1n) is 4.68. The molecule has 1 rings (SSSR count). The lowest BCUT2D eigenvalue weighted by Gasteiger charge is -2.08. The topological polar surface area (TPSA) is 64.3 Å². The van der Waals surface area contributed by atoms with E-state index in [4.69, 9.17) is 33.7 Å². The lowest BCUT2D eigenvalue weighted by molar-refractivity contribution is -0.123. The number of carbonyl (C=O) groups is 1. The highest BCUT2D eigenvalue weighted by atomic mass is 35.5. The van der Waals surface area contributed by atoms with Crippen molar-refractivity contribution < 1.29 is 9.53 Å². The number of nitrogens with two attached hydrogens (primary N) is 1. The van der Waals surface area contributed by atoms with Crippen molar-refractivity contribution in [2.45, 2.75) is 0 Å². The molecule has 0 atom stereocenters. The molecule has 1 aromatic rings. The van der Waals surface area contributed by atoms with Gasteiger partial charge in [-0.25, -0.2) is 0 Å². The molecule has 1 aromatic carbocycles. The van der Waals surface area contributed by atoms with Gasteiger partial charge in [0.1, 0.15) is 5.75 Å². The number of benzene rings is 1. The van der Waals surface area contributed by atoms with Crippen LogP contribution in [0.25, 0.3) is 0 Å². The van der Waals surface area contributed by atoms with Crippen LogP contribution >= 0.6 is 23.2 Å². The zero-order chi connectivity index (χ0) is 12.0. The van der Waals surface area contributed by atoms with Crippen LogP contribution in [0.3, 0.4) is 0 Å². The molecule has 0 bridgehead atoms. The molecule has 0 saturated heterocycles. The Hall–Kier alpha value is -0.970. The molecule has 6 heteroatoms. The minimum Gasteiger partial charge on any atom is -0.482 e. The molecule has 88 valence electrons. The standard InChI is InChI=1S/C10H12Cl2N2O2/c11-7-1-2-9(8(12)5-7)16-6-10(15)14-4-3-13/h1-2,5H,3-4,6,13H2,(H,14,15). The van der Waals surface area contributed by atoms with Gasteiger partial charge in [-0.3, -0.25) is 4.79 Å². The van der Waals surface area contributed by atoms with Crippen molar-refractivity contribution in [3.63, 3.8) is 0 Å². The Morgan fingerprint density at radius 1 is 1.44 bits per heavy atom. The summed E-state index contributed by atoms with van der Waals surface area (Å²) in [6.45, 7) is 0.728. The third-order valence-electron chi connectivity index (χ3n) is 1.72. The number of amides is 1. The van der Waals surface area contributed by atoms with Gasteiger partial charge in [0.2, 0.25) is 0 Å². The van der Waals surface area contributed by atoms with Crippen LogP contribution in [0.15, 0.2) is 18.2 Å². The summed E-state index contributed by atoms with van der Waals surface area (Å²) in [5.41, 5.74) is 5.23. The van der Waals surface area contributed by atoms with E-state index in [1.807, 2.05) is 0 Å². The Balaban J connectivity index is 2.45. The summed E-state index contributed by atoms with van der Waals surface area (Å²) in [6, 6.07) is 4.80. The van der Waals surface area contributed by atoms with Gasteiger partial charge in [-0.05, 0) is 18.2 Å². The minimum atomic E-state index is -0.239. The van der Waals surface area contributed by atoms with E-state index in [1.165, 1.54) is 0 Å². The number of hydrogen-bond acceptors (Lipinski definition) is 3. The van der Waals surface area contributed by atoms with Gasteiger partial charge < -0.3 is 15.8 Å². The van der Waals surface area contributed by atoms with Crippen molar-refractivity contribution in [1.29, 1.82) is 0 Å². The first-order chi connectivity index (χ1) is 7.63. The second-order valence-electron chi connectivity index (χ2n) is 3.00. The fourth-order valence-electron chi connectivity index (χ4n) is 0.998. The zero-order valence-corrected chi connectivity index (χ0v) is 10.0. The molecule has 3 N–H and O–H groups in total. The third kappa shape index (κ3) is 4.26. The molecule has 0 aliphatic rings. The number of rotatable bonds is 5. The Morgan fingerprint density at radius 2 is 2.19 bits per heavy atom. The maximum atomic E-state index is 11.2. The number of carbonyl (C=O) groups excluding carboxylic acids is 1. The maximum absolute atomic E-state index is 11.2. The Kier molecular flexibility index (Phi) is 5.38. The summed E-state index contributed by atoms with van der Waals surface area (Å²) in [7, 11) is 0. The quantitative estimate of drug-likeness (QED) is 0.845. The van der Waals surface area contributed by atoms with Crippen molar-refractivity contribution in [3.05, 3.63) is 28.2 Å². The lowest BCUT2D eigenvalue weighted by atomic mass is 10.3. The van der Waals surface area contributed by atoms with Crippen LogP contribution in [-0.4, -0.2) is 25.6 Å². The van der Waals surface area contributed by atoms with Gasteiger partial charge in [-0.1, -0.05) is 23.2 Å². The van der Waals surface area contributed by atoms with Crippen molar-refractivity contribution in [2.24, 2.45) is 5.73 Å². The molecular formula is C10H12Cl2N2O2. The zero-order valence-electron chi connectivity index (χ0n) is 8.50. The van der Waals surface area contributed by atoms with E-state index < -0.39 is 0 Å². The van der Waals surface area contributed by atoms with E-state index in [1.54, 1.807) is 18.2 Å². The highest BCUT2D eigenvalue weighted by Crippen LogP contribution is 2.27. The van der Waals surface area contributed by atoms with E-state index >= 15 is 0 Å². The largest absolute Gasteiger partial charge is 0.482 e. The average Bonchev–Trinajstić information content (AvgIpc) is 2.25. The summed E-state index contributed by atoms with van der Waals surface area (Å²) in [5, 5.41) is 3.47. The molecular weight excluding hydrogens is 251 g/mol. The van der Waals surface area contributed by atoms with Gasteiger partial charge in [0, 0.05) is 18.1 Å². The molecule has 0 fully saturated rings. The average molecular weight is 263 g/mol. The minimum absolute atomic E-state index is 0.0959. The molecule has 0 aliphatic heterocycles. The smallest absolute Gasteiger partial charge is 0.257 e. The molecule has 0 aromatic heterocycles. The van der Waals surface area contributed by atoms with Crippen LogP contribution in [0.5, 0.6) is 5.75 Å². The van der Waals surface area contributed by atoms with E-state index in [9.17, 15) is 4.79 Å². The molecule has 0 aliphatic carbocycles. The fourth-order valence-corrected chi connectivity index (χ4v) is 1.46. The number of ether oxygens (including phenoxy) is 1. The first-order valence-corrected chi connectivity index (χ1v) is 5.43. The van der Waals surface area contributed by atoms with Crippen molar-refractivity contribution >= 4 is 29.1 Å². The van der Waals surface area contributed by atoms with Crippen LogP contribution in [0.4, 0.5) is 0 Å². The maximum Gasteiger partial charge on any atom is 0.257 e. The van der Waals surface area contributed by atoms with Gasteiger partial charge in [-0.2, -0.15) is 0 Å². The van der Waals surface area contributed by atoms with Crippen LogP contribution in [0.2, 0.25) is 10.0 Å². The van der Waals surface area contributed by atoms with Gasteiger partial charge in [0.15, 0.2) is 6.61 Å². The number of hydrogen-bond donors (Lipinski definition) is 2. The van der Waals surface area contributed by atoms with E-state index in [0.717, 1.165) is 0 Å². The molecule has 0 unspecified atom stereocenters. The molecule has 1 amide bonds. The van der Waals surface area contributed by atoms with Crippen LogP contribution in [0, 0.1) is 0 Å². The van der Waals surface area contributed by atoms with E-state index in [-0.39, 0.29) is 12.5 Å². The van der Waals surface area contributed by atoms with Gasteiger partial charge in [0.25, 0.3) is 5.91 Å². The lowest BCUT2D eigenvalue weighted by Crippen LogP contribution is -2.32. The third-order valence-corrected chi connectivity index (χ3v) is 2.25. The summed E-state index contributed by atoms with van der Waals surface area (Å²) < 4.78 is 5.21. The summed E-state index contributed by atoms with van der Waals surface area (Å²) >= 11 is 11.6. The Labute approximate surface area is 104 Å². The molecule has 0 saturated carbocycles. The second-order valence-corrected chi connectivity index (χ2v) is 3.85. The van der Waals surface area contributed by atoms with Crippen molar-refractivity contribution in [3.8, 4) is 5.75 Å². The summed E-state index contributed by atoms with van der Waals surface area (Å²) in [4.78, 5) is 11.2. The van der Waals surface area contributed by atoms with Crippen molar-refractivity contribution in [1.82, 2.24) is 5.32 Å². The van der Waals surface area contributed by atoms with Crippen LogP contribution < -0.4 is 15.8 Å². The van der Waals surface area contributed by atoms with Crippen LogP contribution in [-0.2, 0) is 4.79 Å². The van der Waals surface area contributed by atoms with Crippen molar-refractivity contribution in [2.75, 3.05) is 19.7 Å². The predicted molar refractivity (Wildman–Crippen MR) is 64.0 cm³/mol. The summed E-state index contributed by atoms with van der Waals surface area (Å²) in [5.74, 6) is 0.186. The summed E-state index contributed by atoms with van der Waals surface area (Å²) in [6.07, 6.45) is 0. The molecule has 16 heavy (non-hydrogen) atoms. The van der Waals surface area contributed by atoms with Crippen LogP contribution in [0.1, 0.15) is 0 Å². The normalized spacial score (nSPS) is 9.94. The van der Waals surface area contributed by atoms with E-state index in [2.05, 4.69) is 5.32 Å². The molecule has 0 heterocycles. The molecule has 4 nitrogen and oxygen atoms in total. The molecule has 0 spiro atoms. The Bertz CT molecular complexity index is 372. The fraction of sp³-hybridized carbons (Fsp3) is 0.300. The second kappa shape index (κ2) is 6.58. The SMILES string of the molecule is NCCNC(=O)COc1ccc(Cl)cc1Cl. The highest BCUT2D eigenvalue weighted by molar-refractivity contribution is 6.35. The van der Waals surface area contributed by atoms with E-state index in [0.29, 0.717) is 28.9 Å². The molecule has 0 radical (unpaired) electrons. The number of halogens is 2. The highest BCUT2D eigenvalue weighted by Gasteiger charge is 2.05. The van der Waals surface area contributed by atoms with Gasteiger partial charge >= 0.3 is 0 Å². The van der Waals surface area contributed by atoms with Gasteiger partial charge in [-0.15, -0.1) is 0 Å². The Morgan fingerprint density at radius 3 is 2.81 bits per heavy atom. The first kappa shape index (κ1) is 13.1. The monoisotopic (exact) mass is 262 g/mol.